The number of nitrogens with zero attached hydrogens (tertiary/aromatic N) is 2. The predicted molar refractivity (Wildman–Crippen MR) is 78.7 cm³/mol. The molecule has 0 saturated carbocycles. The van der Waals surface area contributed by atoms with E-state index in [4.69, 9.17) is 4.74 Å². The summed E-state index contributed by atoms with van der Waals surface area (Å²) in [7, 11) is 3.46. The van der Waals surface area contributed by atoms with Crippen LogP contribution in [0.2, 0.25) is 0 Å². The summed E-state index contributed by atoms with van der Waals surface area (Å²) in [4.78, 5) is 8.36. The van der Waals surface area contributed by atoms with Crippen molar-refractivity contribution >= 4 is 29.1 Å². The molecule has 0 spiro atoms. The Balaban J connectivity index is 2.01. The lowest BCUT2D eigenvalue weighted by atomic mass is 10.5. The zero-order valence-electron chi connectivity index (χ0n) is 10.8. The maximum atomic E-state index is 4.97. The van der Waals surface area contributed by atoms with Crippen LogP contribution in [0.25, 0.3) is 0 Å². The van der Waals surface area contributed by atoms with Gasteiger partial charge in [-0.25, -0.2) is 4.98 Å². The molecule has 0 atom stereocenters. The first-order valence-electron chi connectivity index (χ1n) is 5.82. The molecular formula is C11H20N4OS2. The Hall–Kier alpha value is -0.790. The van der Waals surface area contributed by atoms with Gasteiger partial charge in [-0.2, -0.15) is 0 Å². The molecule has 102 valence electrons. The second kappa shape index (κ2) is 10.2. The Bertz CT molecular complexity index is 330. The van der Waals surface area contributed by atoms with Crippen molar-refractivity contribution in [3.05, 3.63) is 11.6 Å². The normalized spacial score (nSPS) is 11.6. The van der Waals surface area contributed by atoms with E-state index in [0.717, 1.165) is 35.6 Å². The minimum atomic E-state index is 0.681. The van der Waals surface area contributed by atoms with Gasteiger partial charge in [0.15, 0.2) is 5.96 Å². The van der Waals surface area contributed by atoms with E-state index in [1.54, 1.807) is 37.3 Å². The molecule has 0 radical (unpaired) electrons. The molecule has 1 aromatic heterocycles. The molecule has 7 heteroatoms. The zero-order valence-corrected chi connectivity index (χ0v) is 12.4. The van der Waals surface area contributed by atoms with Crippen molar-refractivity contribution in [1.29, 1.82) is 0 Å². The van der Waals surface area contributed by atoms with E-state index < -0.39 is 0 Å². The maximum absolute atomic E-state index is 4.97. The molecule has 1 heterocycles. The van der Waals surface area contributed by atoms with Crippen molar-refractivity contribution in [3.8, 4) is 0 Å². The van der Waals surface area contributed by atoms with Gasteiger partial charge in [-0.3, -0.25) is 4.99 Å². The molecule has 1 rings (SSSR count). The number of aliphatic imine (C=N–C) groups is 1. The van der Waals surface area contributed by atoms with E-state index in [-0.39, 0.29) is 0 Å². The van der Waals surface area contributed by atoms with Gasteiger partial charge < -0.3 is 15.4 Å². The van der Waals surface area contributed by atoms with Crippen LogP contribution >= 0.6 is 23.1 Å². The van der Waals surface area contributed by atoms with Gasteiger partial charge >= 0.3 is 0 Å². The van der Waals surface area contributed by atoms with Crippen molar-refractivity contribution in [2.75, 3.05) is 39.6 Å². The van der Waals surface area contributed by atoms with Crippen LogP contribution in [0, 0.1) is 0 Å². The van der Waals surface area contributed by atoms with Gasteiger partial charge in [0.2, 0.25) is 0 Å². The van der Waals surface area contributed by atoms with E-state index in [9.17, 15) is 0 Å². The summed E-state index contributed by atoms with van der Waals surface area (Å²) in [5.41, 5.74) is 0. The highest BCUT2D eigenvalue weighted by Crippen LogP contribution is 2.20. The Labute approximate surface area is 116 Å². The topological polar surface area (TPSA) is 58.5 Å². The largest absolute Gasteiger partial charge is 0.383 e. The molecule has 0 unspecified atom stereocenters. The fraction of sp³-hybridized carbons (Fsp3) is 0.636. The van der Waals surface area contributed by atoms with Crippen LogP contribution < -0.4 is 10.6 Å². The smallest absolute Gasteiger partial charge is 0.191 e. The lowest BCUT2D eigenvalue weighted by Crippen LogP contribution is -2.39. The van der Waals surface area contributed by atoms with Crippen molar-refractivity contribution in [2.24, 2.45) is 4.99 Å². The summed E-state index contributed by atoms with van der Waals surface area (Å²) in [6, 6.07) is 0. The summed E-state index contributed by atoms with van der Waals surface area (Å²) in [5, 5.41) is 8.44. The Morgan fingerprint density at radius 1 is 1.50 bits per heavy atom. The quantitative estimate of drug-likeness (QED) is 0.328. The number of methoxy groups -OCH3 is 1. The second-order valence-electron chi connectivity index (χ2n) is 3.42. The van der Waals surface area contributed by atoms with E-state index in [1.807, 2.05) is 11.6 Å². The molecule has 5 nitrogen and oxygen atoms in total. The Kier molecular flexibility index (Phi) is 8.62. The highest BCUT2D eigenvalue weighted by molar-refractivity contribution is 8.00. The first kappa shape index (κ1) is 15.3. The first-order valence-corrected chi connectivity index (χ1v) is 7.69. The molecule has 0 aliphatic rings. The average molecular weight is 288 g/mol. The average Bonchev–Trinajstić information content (AvgIpc) is 2.89. The Morgan fingerprint density at radius 3 is 3.00 bits per heavy atom. The number of rotatable bonds is 8. The number of hydrogen-bond donors (Lipinski definition) is 2. The molecule has 0 amide bonds. The molecule has 0 fully saturated rings. The van der Waals surface area contributed by atoms with Crippen LogP contribution in [0.5, 0.6) is 0 Å². The van der Waals surface area contributed by atoms with Crippen LogP contribution in [0.4, 0.5) is 0 Å². The monoisotopic (exact) mass is 288 g/mol. The molecule has 0 aromatic carbocycles. The molecule has 0 saturated heterocycles. The predicted octanol–water partition coefficient (Wildman–Crippen LogP) is 1.44. The SMILES string of the molecule is CN=C(NCCCSc1nccs1)NCCOC. The van der Waals surface area contributed by atoms with Crippen molar-refractivity contribution in [2.45, 2.75) is 10.8 Å². The van der Waals surface area contributed by atoms with Gasteiger partial charge in [-0.1, -0.05) is 11.8 Å². The third-order valence-electron chi connectivity index (χ3n) is 2.07. The molecule has 0 bridgehead atoms. The number of thiazole rings is 1. The highest BCUT2D eigenvalue weighted by atomic mass is 32.2. The summed E-state index contributed by atoms with van der Waals surface area (Å²) in [6.45, 7) is 2.36. The molecule has 2 N–H and O–H groups in total. The molecular weight excluding hydrogens is 268 g/mol. The van der Waals surface area contributed by atoms with E-state index in [1.165, 1.54) is 0 Å². The van der Waals surface area contributed by atoms with Crippen LogP contribution in [0.3, 0.4) is 0 Å². The molecule has 18 heavy (non-hydrogen) atoms. The number of hydrogen-bond acceptors (Lipinski definition) is 5. The number of thioether (sulfide) groups is 1. The fourth-order valence-electron chi connectivity index (χ4n) is 1.21. The summed E-state index contributed by atoms with van der Waals surface area (Å²) < 4.78 is 6.10. The van der Waals surface area contributed by atoms with Gasteiger partial charge in [0, 0.05) is 44.6 Å². The minimum Gasteiger partial charge on any atom is -0.383 e. The highest BCUT2D eigenvalue weighted by Gasteiger charge is 1.98. The maximum Gasteiger partial charge on any atom is 0.191 e. The third kappa shape index (κ3) is 6.83. The zero-order chi connectivity index (χ0) is 13.1. The number of ether oxygens (including phenoxy) is 1. The molecule has 0 aliphatic heterocycles. The van der Waals surface area contributed by atoms with Gasteiger partial charge in [0.05, 0.1) is 6.61 Å². The van der Waals surface area contributed by atoms with Crippen molar-refractivity contribution in [1.82, 2.24) is 15.6 Å². The summed E-state index contributed by atoms with van der Waals surface area (Å²) >= 11 is 3.48. The first-order chi connectivity index (χ1) is 8.86. The standard InChI is InChI=1S/C11H20N4OS2/c1-12-10(14-5-7-16-2)13-4-3-8-17-11-15-6-9-18-11/h6,9H,3-5,7-8H2,1-2H3,(H2,12,13,14). The van der Waals surface area contributed by atoms with Gasteiger partial charge in [0.25, 0.3) is 0 Å². The van der Waals surface area contributed by atoms with Gasteiger partial charge in [0.1, 0.15) is 4.34 Å². The summed E-state index contributed by atoms with van der Waals surface area (Å²) in [5.74, 6) is 1.89. The molecule has 1 aromatic rings. The fourth-order valence-corrected chi connectivity index (χ4v) is 2.86. The van der Waals surface area contributed by atoms with Crippen molar-refractivity contribution < 1.29 is 4.74 Å². The Morgan fingerprint density at radius 2 is 2.33 bits per heavy atom. The lowest BCUT2D eigenvalue weighted by Gasteiger charge is -2.10. The van der Waals surface area contributed by atoms with Gasteiger partial charge in [-0.15, -0.1) is 11.3 Å². The van der Waals surface area contributed by atoms with E-state index in [2.05, 4.69) is 20.6 Å². The lowest BCUT2D eigenvalue weighted by molar-refractivity contribution is 0.203. The van der Waals surface area contributed by atoms with Crippen LogP contribution in [0.1, 0.15) is 6.42 Å². The van der Waals surface area contributed by atoms with Crippen molar-refractivity contribution in [3.63, 3.8) is 0 Å². The number of aromatic nitrogens is 1. The minimum absolute atomic E-state index is 0.681. The third-order valence-corrected chi connectivity index (χ3v) is 4.12. The number of nitrogens with one attached hydrogen (secondary N) is 2. The molecule has 0 aliphatic carbocycles. The second-order valence-corrected chi connectivity index (χ2v) is 5.66. The van der Waals surface area contributed by atoms with Crippen LogP contribution in [-0.2, 0) is 4.74 Å². The van der Waals surface area contributed by atoms with Crippen LogP contribution in [-0.4, -0.2) is 50.6 Å². The summed E-state index contributed by atoms with van der Waals surface area (Å²) in [6.07, 6.45) is 2.92. The van der Waals surface area contributed by atoms with Crippen LogP contribution in [0.15, 0.2) is 20.9 Å². The van der Waals surface area contributed by atoms with E-state index >= 15 is 0 Å². The number of guanidine groups is 1. The van der Waals surface area contributed by atoms with E-state index in [0.29, 0.717) is 6.61 Å². The van der Waals surface area contributed by atoms with Gasteiger partial charge in [-0.05, 0) is 6.42 Å².